The highest BCUT2D eigenvalue weighted by Crippen LogP contribution is 2.12. The topological polar surface area (TPSA) is 23.6 Å². The monoisotopic (exact) mass is 214 g/mol. The van der Waals surface area contributed by atoms with Gasteiger partial charge in [0.1, 0.15) is 0 Å². The largest absolute Gasteiger partial charge is 0.337 e. The normalized spacial score (nSPS) is 11.9. The van der Waals surface area contributed by atoms with Crippen LogP contribution >= 0.6 is 0 Å². The number of likely N-dealkylation sites (N-methyl/N-ethyl adjacent to an activating group) is 1. The molecule has 0 N–H and O–H groups in total. The minimum atomic E-state index is -0.0705. The van der Waals surface area contributed by atoms with Gasteiger partial charge >= 0.3 is 0 Å². The van der Waals surface area contributed by atoms with Gasteiger partial charge in [0.25, 0.3) is 0 Å². The molecule has 0 aromatic carbocycles. The number of amides is 1. The van der Waals surface area contributed by atoms with Crippen LogP contribution in [-0.2, 0) is 4.79 Å². The lowest BCUT2D eigenvalue weighted by Gasteiger charge is -2.36. The fourth-order valence-corrected chi connectivity index (χ4v) is 1.75. The van der Waals surface area contributed by atoms with Gasteiger partial charge in [0.2, 0.25) is 5.91 Å². The van der Waals surface area contributed by atoms with Crippen molar-refractivity contribution in [3.63, 3.8) is 0 Å². The predicted octanol–water partition coefficient (Wildman–Crippen LogP) is 1.98. The SMILES string of the molecule is CCN(CC)CCN(C(C)=O)C(C)(C)C. The molecule has 0 unspecified atom stereocenters. The summed E-state index contributed by atoms with van der Waals surface area (Å²) in [6.07, 6.45) is 0. The Morgan fingerprint density at radius 1 is 1.07 bits per heavy atom. The smallest absolute Gasteiger partial charge is 0.219 e. The molecule has 0 rings (SSSR count). The van der Waals surface area contributed by atoms with Crippen LogP contribution in [0.4, 0.5) is 0 Å². The molecule has 15 heavy (non-hydrogen) atoms. The van der Waals surface area contributed by atoms with Gasteiger partial charge in [-0.3, -0.25) is 4.79 Å². The molecule has 0 heterocycles. The third-order valence-corrected chi connectivity index (χ3v) is 2.72. The number of hydrogen-bond acceptors (Lipinski definition) is 2. The van der Waals surface area contributed by atoms with Crippen LogP contribution in [0.15, 0.2) is 0 Å². The van der Waals surface area contributed by atoms with Crippen LogP contribution < -0.4 is 0 Å². The summed E-state index contributed by atoms with van der Waals surface area (Å²) in [5.74, 6) is 0.162. The van der Waals surface area contributed by atoms with E-state index in [1.807, 2.05) is 4.90 Å². The van der Waals surface area contributed by atoms with Crippen LogP contribution in [0.2, 0.25) is 0 Å². The summed E-state index contributed by atoms with van der Waals surface area (Å²) in [5, 5.41) is 0. The Balaban J connectivity index is 4.26. The molecule has 0 atom stereocenters. The molecule has 0 aliphatic carbocycles. The van der Waals surface area contributed by atoms with Crippen molar-refractivity contribution >= 4 is 5.91 Å². The highest BCUT2D eigenvalue weighted by Gasteiger charge is 2.23. The van der Waals surface area contributed by atoms with E-state index in [2.05, 4.69) is 39.5 Å². The van der Waals surface area contributed by atoms with E-state index in [1.165, 1.54) is 0 Å². The summed E-state index contributed by atoms with van der Waals surface area (Å²) in [5.41, 5.74) is -0.0705. The van der Waals surface area contributed by atoms with E-state index in [-0.39, 0.29) is 11.4 Å². The minimum absolute atomic E-state index is 0.0705. The summed E-state index contributed by atoms with van der Waals surface area (Å²) in [4.78, 5) is 15.8. The number of nitrogens with zero attached hydrogens (tertiary/aromatic N) is 2. The second kappa shape index (κ2) is 6.11. The molecule has 1 amide bonds. The van der Waals surface area contributed by atoms with Gasteiger partial charge in [-0.15, -0.1) is 0 Å². The standard InChI is InChI=1S/C12H26N2O/c1-7-13(8-2)9-10-14(11(3)15)12(4,5)6/h7-10H2,1-6H3. The molecular weight excluding hydrogens is 188 g/mol. The number of rotatable bonds is 5. The minimum Gasteiger partial charge on any atom is -0.337 e. The maximum atomic E-state index is 11.5. The molecule has 3 nitrogen and oxygen atoms in total. The van der Waals surface area contributed by atoms with Gasteiger partial charge in [0.05, 0.1) is 0 Å². The van der Waals surface area contributed by atoms with Crippen molar-refractivity contribution in [2.75, 3.05) is 26.2 Å². The van der Waals surface area contributed by atoms with Crippen LogP contribution in [-0.4, -0.2) is 47.4 Å². The van der Waals surface area contributed by atoms with E-state index in [9.17, 15) is 4.79 Å². The van der Waals surface area contributed by atoms with E-state index in [4.69, 9.17) is 0 Å². The van der Waals surface area contributed by atoms with Gasteiger partial charge in [0.15, 0.2) is 0 Å². The van der Waals surface area contributed by atoms with Crippen LogP contribution in [0.3, 0.4) is 0 Å². The van der Waals surface area contributed by atoms with Crippen LogP contribution in [0.5, 0.6) is 0 Å². The quantitative estimate of drug-likeness (QED) is 0.698. The lowest BCUT2D eigenvalue weighted by Crippen LogP contribution is -2.48. The summed E-state index contributed by atoms with van der Waals surface area (Å²) in [6.45, 7) is 16.1. The Kier molecular flexibility index (Phi) is 5.88. The van der Waals surface area contributed by atoms with Crippen LogP contribution in [0.1, 0.15) is 41.5 Å². The Morgan fingerprint density at radius 3 is 1.80 bits per heavy atom. The van der Waals surface area contributed by atoms with Crippen molar-refractivity contribution in [1.29, 1.82) is 0 Å². The van der Waals surface area contributed by atoms with Crippen molar-refractivity contribution in [1.82, 2.24) is 9.80 Å². The van der Waals surface area contributed by atoms with Gasteiger partial charge in [-0.1, -0.05) is 13.8 Å². The average Bonchev–Trinajstić information content (AvgIpc) is 2.09. The van der Waals surface area contributed by atoms with E-state index in [0.29, 0.717) is 0 Å². The molecule has 0 aromatic rings. The zero-order valence-corrected chi connectivity index (χ0v) is 11.1. The Morgan fingerprint density at radius 2 is 1.53 bits per heavy atom. The molecule has 0 saturated heterocycles. The molecule has 0 fully saturated rings. The molecule has 3 heteroatoms. The molecule has 0 aromatic heterocycles. The predicted molar refractivity (Wildman–Crippen MR) is 64.9 cm³/mol. The highest BCUT2D eigenvalue weighted by molar-refractivity contribution is 5.74. The molecular formula is C12H26N2O. The number of carbonyl (C=O) groups excluding carboxylic acids is 1. The molecule has 90 valence electrons. The first-order valence-electron chi connectivity index (χ1n) is 5.83. The summed E-state index contributed by atoms with van der Waals surface area (Å²) in [7, 11) is 0. The maximum Gasteiger partial charge on any atom is 0.219 e. The summed E-state index contributed by atoms with van der Waals surface area (Å²) < 4.78 is 0. The van der Waals surface area contributed by atoms with Crippen LogP contribution in [0, 0.1) is 0 Å². The van der Waals surface area contributed by atoms with E-state index in [1.54, 1.807) is 6.92 Å². The zero-order chi connectivity index (χ0) is 12.1. The van der Waals surface area contributed by atoms with Gasteiger partial charge in [-0.25, -0.2) is 0 Å². The molecule has 0 bridgehead atoms. The van der Waals surface area contributed by atoms with E-state index in [0.717, 1.165) is 26.2 Å². The lowest BCUT2D eigenvalue weighted by atomic mass is 10.1. The first kappa shape index (κ1) is 14.4. The summed E-state index contributed by atoms with van der Waals surface area (Å²) in [6, 6.07) is 0. The van der Waals surface area contributed by atoms with E-state index < -0.39 is 0 Å². The lowest BCUT2D eigenvalue weighted by molar-refractivity contribution is -0.133. The molecule has 0 saturated carbocycles. The Hall–Kier alpha value is -0.570. The average molecular weight is 214 g/mol. The van der Waals surface area contributed by atoms with Gasteiger partial charge in [0, 0.05) is 25.6 Å². The van der Waals surface area contributed by atoms with Gasteiger partial charge in [-0.05, 0) is 33.9 Å². The fourth-order valence-electron chi connectivity index (χ4n) is 1.75. The first-order valence-corrected chi connectivity index (χ1v) is 5.83. The highest BCUT2D eigenvalue weighted by atomic mass is 16.2. The molecule has 0 spiro atoms. The van der Waals surface area contributed by atoms with Gasteiger partial charge in [-0.2, -0.15) is 0 Å². The van der Waals surface area contributed by atoms with Crippen LogP contribution in [0.25, 0.3) is 0 Å². The maximum absolute atomic E-state index is 11.5. The zero-order valence-electron chi connectivity index (χ0n) is 11.1. The Bertz CT molecular complexity index is 192. The number of hydrogen-bond donors (Lipinski definition) is 0. The van der Waals surface area contributed by atoms with E-state index >= 15 is 0 Å². The van der Waals surface area contributed by atoms with Crippen molar-refractivity contribution in [2.45, 2.75) is 47.1 Å². The Labute approximate surface area is 94.4 Å². The second-order valence-corrected chi connectivity index (χ2v) is 4.87. The third kappa shape index (κ3) is 5.17. The molecule has 0 aliphatic rings. The first-order chi connectivity index (χ1) is 6.82. The second-order valence-electron chi connectivity index (χ2n) is 4.87. The third-order valence-electron chi connectivity index (χ3n) is 2.72. The van der Waals surface area contributed by atoms with Crippen molar-refractivity contribution in [3.05, 3.63) is 0 Å². The fraction of sp³-hybridized carbons (Fsp3) is 0.917. The summed E-state index contributed by atoms with van der Waals surface area (Å²) >= 11 is 0. The molecule has 0 aliphatic heterocycles. The van der Waals surface area contributed by atoms with Crippen molar-refractivity contribution in [2.24, 2.45) is 0 Å². The van der Waals surface area contributed by atoms with Gasteiger partial charge < -0.3 is 9.80 Å². The van der Waals surface area contributed by atoms with Crippen molar-refractivity contribution in [3.8, 4) is 0 Å². The molecule has 0 radical (unpaired) electrons. The number of carbonyl (C=O) groups is 1. The van der Waals surface area contributed by atoms with Crippen molar-refractivity contribution < 1.29 is 4.79 Å².